The van der Waals surface area contributed by atoms with E-state index in [1.807, 2.05) is 18.2 Å². The van der Waals surface area contributed by atoms with E-state index in [0.29, 0.717) is 24.8 Å². The van der Waals surface area contributed by atoms with E-state index in [1.165, 1.54) is 16.2 Å². The third-order valence-electron chi connectivity index (χ3n) is 4.86. The maximum absolute atomic E-state index is 14.4. The van der Waals surface area contributed by atoms with Crippen molar-refractivity contribution in [1.29, 1.82) is 0 Å². The van der Waals surface area contributed by atoms with Crippen LogP contribution in [0.5, 0.6) is 0 Å². The molecule has 0 saturated carbocycles. The second-order valence-electron chi connectivity index (χ2n) is 6.83. The Kier molecular flexibility index (Phi) is 5.05. The zero-order valence-electron chi connectivity index (χ0n) is 14.3. The quantitative estimate of drug-likeness (QED) is 0.721. The van der Waals surface area contributed by atoms with Crippen molar-refractivity contribution in [1.82, 2.24) is 0 Å². The second-order valence-corrected chi connectivity index (χ2v) is 8.00. The molecule has 3 aromatic rings. The Morgan fingerprint density at radius 2 is 1.96 bits per heavy atom. The molecular formula is C21H21FO3S. The van der Waals surface area contributed by atoms with Crippen LogP contribution in [-0.4, -0.2) is 29.0 Å². The summed E-state index contributed by atoms with van der Waals surface area (Å²) in [7, 11) is 0. The van der Waals surface area contributed by atoms with E-state index in [4.69, 9.17) is 4.74 Å². The maximum Gasteiger partial charge on any atom is 0.126 e. The zero-order chi connectivity index (χ0) is 18.1. The summed E-state index contributed by atoms with van der Waals surface area (Å²) in [6.07, 6.45) is 0.213. The van der Waals surface area contributed by atoms with Crippen molar-refractivity contribution in [3.8, 4) is 0 Å². The molecule has 2 aromatic carbocycles. The van der Waals surface area contributed by atoms with E-state index >= 15 is 0 Å². The van der Waals surface area contributed by atoms with Gasteiger partial charge in [-0.15, -0.1) is 11.3 Å². The molecule has 3 atom stereocenters. The van der Waals surface area contributed by atoms with Gasteiger partial charge in [0.25, 0.3) is 0 Å². The topological polar surface area (TPSA) is 49.7 Å². The highest BCUT2D eigenvalue weighted by Crippen LogP contribution is 2.33. The lowest BCUT2D eigenvalue weighted by atomic mass is 9.94. The van der Waals surface area contributed by atoms with E-state index < -0.39 is 6.10 Å². The summed E-state index contributed by atoms with van der Waals surface area (Å²) < 4.78 is 21.4. The molecule has 2 N–H and O–H groups in total. The molecule has 1 aromatic heterocycles. The van der Waals surface area contributed by atoms with Gasteiger partial charge in [0, 0.05) is 28.8 Å². The Labute approximate surface area is 155 Å². The molecule has 0 radical (unpaired) electrons. The SMILES string of the molecule is OCC1CC(O)C[C@H](c2ccc(F)c(Cc3cc4ccccc4s3)c2)O1. The number of rotatable bonds is 4. The Morgan fingerprint density at radius 1 is 1.12 bits per heavy atom. The third kappa shape index (κ3) is 3.67. The molecule has 5 heteroatoms. The van der Waals surface area contributed by atoms with Gasteiger partial charge in [0.1, 0.15) is 5.82 Å². The average molecular weight is 372 g/mol. The smallest absolute Gasteiger partial charge is 0.126 e. The van der Waals surface area contributed by atoms with Crippen molar-refractivity contribution in [2.75, 3.05) is 6.61 Å². The van der Waals surface area contributed by atoms with E-state index in [2.05, 4.69) is 18.2 Å². The lowest BCUT2D eigenvalue weighted by Gasteiger charge is -2.32. The van der Waals surface area contributed by atoms with E-state index in [1.54, 1.807) is 17.4 Å². The molecule has 0 aliphatic carbocycles. The fourth-order valence-electron chi connectivity index (χ4n) is 3.56. The van der Waals surface area contributed by atoms with Crippen LogP contribution in [0.2, 0.25) is 0 Å². The standard InChI is InChI=1S/C21H21FO3S/c22-19-6-5-13(20-11-16(24)10-17(12-23)25-20)7-15(19)9-18-8-14-3-1-2-4-21(14)26-18/h1-8,16-17,20,23-24H,9-12H2/t16?,17?,20-/m1/s1. The normalized spacial score (nSPS) is 23.4. The Balaban J connectivity index is 1.59. The largest absolute Gasteiger partial charge is 0.394 e. The van der Waals surface area contributed by atoms with Crippen LogP contribution >= 0.6 is 11.3 Å². The summed E-state index contributed by atoms with van der Waals surface area (Å²) in [6.45, 7) is -0.122. The first-order valence-corrected chi connectivity index (χ1v) is 9.64. The van der Waals surface area contributed by atoms with Crippen LogP contribution in [0.25, 0.3) is 10.1 Å². The molecule has 2 heterocycles. The number of benzene rings is 2. The fraction of sp³-hybridized carbons (Fsp3) is 0.333. The molecule has 1 fully saturated rings. The minimum absolute atomic E-state index is 0.122. The minimum atomic E-state index is -0.512. The van der Waals surface area contributed by atoms with Gasteiger partial charge < -0.3 is 14.9 Å². The van der Waals surface area contributed by atoms with Crippen LogP contribution in [0.4, 0.5) is 4.39 Å². The lowest BCUT2D eigenvalue weighted by Crippen LogP contribution is -2.33. The Morgan fingerprint density at radius 3 is 2.77 bits per heavy atom. The van der Waals surface area contributed by atoms with E-state index in [-0.39, 0.29) is 24.6 Å². The molecule has 4 rings (SSSR count). The molecule has 3 nitrogen and oxygen atoms in total. The first-order chi connectivity index (χ1) is 12.6. The molecule has 0 spiro atoms. The van der Waals surface area contributed by atoms with E-state index in [9.17, 15) is 14.6 Å². The second kappa shape index (κ2) is 7.45. The minimum Gasteiger partial charge on any atom is -0.394 e. The van der Waals surface area contributed by atoms with Crippen LogP contribution < -0.4 is 0 Å². The van der Waals surface area contributed by atoms with Crippen molar-refractivity contribution in [2.24, 2.45) is 0 Å². The molecule has 0 amide bonds. The molecule has 1 aliphatic rings. The molecule has 26 heavy (non-hydrogen) atoms. The first kappa shape index (κ1) is 17.6. The summed E-state index contributed by atoms with van der Waals surface area (Å²) in [5.41, 5.74) is 1.47. The van der Waals surface area contributed by atoms with Gasteiger partial charge in [0.05, 0.1) is 24.9 Å². The van der Waals surface area contributed by atoms with Gasteiger partial charge in [-0.3, -0.25) is 0 Å². The summed E-state index contributed by atoms with van der Waals surface area (Å²) in [5.74, 6) is -0.235. The number of hydrogen-bond donors (Lipinski definition) is 2. The highest BCUT2D eigenvalue weighted by atomic mass is 32.1. The summed E-state index contributed by atoms with van der Waals surface area (Å²) >= 11 is 1.68. The van der Waals surface area contributed by atoms with Gasteiger partial charge in [-0.05, 0) is 40.8 Å². The van der Waals surface area contributed by atoms with Crippen molar-refractivity contribution >= 4 is 21.4 Å². The van der Waals surface area contributed by atoms with Crippen LogP contribution in [0.15, 0.2) is 48.5 Å². The van der Waals surface area contributed by atoms with Gasteiger partial charge >= 0.3 is 0 Å². The number of ether oxygens (including phenoxy) is 1. The number of fused-ring (bicyclic) bond motifs is 1. The molecule has 1 saturated heterocycles. The van der Waals surface area contributed by atoms with Crippen LogP contribution in [0.1, 0.15) is 34.9 Å². The van der Waals surface area contributed by atoms with Gasteiger partial charge in [-0.25, -0.2) is 4.39 Å². The average Bonchev–Trinajstić information content (AvgIpc) is 3.05. The third-order valence-corrected chi connectivity index (χ3v) is 5.98. The predicted molar refractivity (Wildman–Crippen MR) is 101 cm³/mol. The maximum atomic E-state index is 14.4. The number of aliphatic hydroxyl groups excluding tert-OH is 2. The Bertz CT molecular complexity index is 874. The van der Waals surface area contributed by atoms with Crippen molar-refractivity contribution in [3.05, 3.63) is 70.4 Å². The van der Waals surface area contributed by atoms with Crippen molar-refractivity contribution in [3.63, 3.8) is 0 Å². The molecule has 136 valence electrons. The number of halogens is 1. The predicted octanol–water partition coefficient (Wildman–Crippen LogP) is 4.20. The zero-order valence-corrected chi connectivity index (χ0v) is 15.1. The molecule has 0 bridgehead atoms. The lowest BCUT2D eigenvalue weighted by molar-refractivity contribution is -0.113. The number of hydrogen-bond acceptors (Lipinski definition) is 4. The van der Waals surface area contributed by atoms with Crippen molar-refractivity contribution in [2.45, 2.75) is 37.6 Å². The highest BCUT2D eigenvalue weighted by molar-refractivity contribution is 7.19. The summed E-state index contributed by atoms with van der Waals surface area (Å²) in [5, 5.41) is 20.5. The van der Waals surface area contributed by atoms with Crippen LogP contribution in [-0.2, 0) is 11.2 Å². The van der Waals surface area contributed by atoms with E-state index in [0.717, 1.165) is 10.4 Å². The molecule has 1 aliphatic heterocycles. The van der Waals surface area contributed by atoms with Gasteiger partial charge in [0.2, 0.25) is 0 Å². The van der Waals surface area contributed by atoms with Crippen LogP contribution in [0.3, 0.4) is 0 Å². The summed E-state index contributed by atoms with van der Waals surface area (Å²) in [4.78, 5) is 1.11. The van der Waals surface area contributed by atoms with Crippen LogP contribution in [0, 0.1) is 5.82 Å². The van der Waals surface area contributed by atoms with Gasteiger partial charge in [0.15, 0.2) is 0 Å². The Hall–Kier alpha value is -1.79. The molecule has 2 unspecified atom stereocenters. The number of thiophene rings is 1. The monoisotopic (exact) mass is 372 g/mol. The molecular weight excluding hydrogens is 351 g/mol. The van der Waals surface area contributed by atoms with Gasteiger partial charge in [-0.2, -0.15) is 0 Å². The first-order valence-electron chi connectivity index (χ1n) is 8.82. The number of aliphatic hydroxyl groups is 2. The fourth-order valence-corrected chi connectivity index (χ4v) is 4.65. The highest BCUT2D eigenvalue weighted by Gasteiger charge is 2.29. The summed E-state index contributed by atoms with van der Waals surface area (Å²) in [6, 6.07) is 15.3. The van der Waals surface area contributed by atoms with Crippen molar-refractivity contribution < 1.29 is 19.3 Å². The van der Waals surface area contributed by atoms with Gasteiger partial charge in [-0.1, -0.05) is 24.3 Å².